The summed E-state index contributed by atoms with van der Waals surface area (Å²) in [5, 5.41) is 5.72. The summed E-state index contributed by atoms with van der Waals surface area (Å²) in [6, 6.07) is 0. The molecule has 1 aliphatic carbocycles. The van der Waals surface area contributed by atoms with Crippen LogP contribution in [0.15, 0.2) is 5.38 Å². The van der Waals surface area contributed by atoms with E-state index in [0.29, 0.717) is 0 Å². The quantitative estimate of drug-likeness (QED) is 0.910. The molecular weight excluding hydrogens is 252 g/mol. The maximum absolute atomic E-state index is 12.0. The Labute approximate surface area is 110 Å². The van der Waals surface area contributed by atoms with Gasteiger partial charge in [0.15, 0.2) is 5.13 Å². The average molecular weight is 270 g/mol. The minimum absolute atomic E-state index is 0.162. The number of nitrogens with one attached hydrogen (secondary N) is 1. The zero-order valence-corrected chi connectivity index (χ0v) is 11.7. The number of aromatic nitrogens is 1. The molecule has 1 amide bonds. The van der Waals surface area contributed by atoms with E-state index in [-0.39, 0.29) is 11.8 Å². The Morgan fingerprint density at radius 1 is 1.53 bits per heavy atom. The minimum Gasteiger partial charge on any atom is -0.302 e. The first-order chi connectivity index (χ1) is 8.29. The Kier molecular flexibility index (Phi) is 4.86. The number of thiazole rings is 1. The third-order valence-electron chi connectivity index (χ3n) is 3.05. The van der Waals surface area contributed by atoms with Crippen LogP contribution in [0.1, 0.15) is 37.8 Å². The van der Waals surface area contributed by atoms with Crippen LogP contribution in [0.3, 0.4) is 0 Å². The summed E-state index contributed by atoms with van der Waals surface area (Å²) in [5.74, 6) is 1.28. The van der Waals surface area contributed by atoms with Crippen molar-refractivity contribution < 1.29 is 4.79 Å². The monoisotopic (exact) mass is 270 g/mol. The number of nitrogens with zero attached hydrogens (tertiary/aromatic N) is 1. The van der Waals surface area contributed by atoms with E-state index in [2.05, 4.69) is 16.6 Å². The largest absolute Gasteiger partial charge is 0.302 e. The summed E-state index contributed by atoms with van der Waals surface area (Å²) in [6.45, 7) is 0. The first kappa shape index (κ1) is 12.9. The SMILES string of the molecule is CSCc1csc(NC(=O)C2CCCCC2)n1. The zero-order chi connectivity index (χ0) is 12.1. The van der Waals surface area contributed by atoms with Gasteiger partial charge >= 0.3 is 0 Å². The molecule has 1 heterocycles. The molecule has 0 aliphatic heterocycles. The molecule has 1 N–H and O–H groups in total. The Morgan fingerprint density at radius 2 is 2.29 bits per heavy atom. The zero-order valence-electron chi connectivity index (χ0n) is 10.1. The normalized spacial score (nSPS) is 17.0. The van der Waals surface area contributed by atoms with E-state index in [1.165, 1.54) is 30.6 Å². The molecule has 0 unspecified atom stereocenters. The highest BCUT2D eigenvalue weighted by Gasteiger charge is 2.21. The Bertz CT molecular complexity index is 372. The molecule has 2 rings (SSSR count). The standard InChI is InChI=1S/C12H18N2OS2/c1-16-7-10-8-17-12(13-10)14-11(15)9-5-3-2-4-6-9/h8-9H,2-7H2,1H3,(H,13,14,15). The van der Waals surface area contributed by atoms with Crippen LogP contribution < -0.4 is 5.32 Å². The van der Waals surface area contributed by atoms with Gasteiger partial charge < -0.3 is 5.32 Å². The fourth-order valence-electron chi connectivity index (χ4n) is 2.15. The van der Waals surface area contributed by atoms with Crippen LogP contribution in [0.2, 0.25) is 0 Å². The number of rotatable bonds is 4. The highest BCUT2D eigenvalue weighted by atomic mass is 32.2. The summed E-state index contributed by atoms with van der Waals surface area (Å²) in [5.41, 5.74) is 1.06. The first-order valence-corrected chi connectivity index (χ1v) is 8.31. The van der Waals surface area contributed by atoms with Crippen molar-refractivity contribution in [2.75, 3.05) is 11.6 Å². The van der Waals surface area contributed by atoms with Crippen LogP contribution in [-0.2, 0) is 10.5 Å². The summed E-state index contributed by atoms with van der Waals surface area (Å²) in [4.78, 5) is 16.4. The smallest absolute Gasteiger partial charge is 0.229 e. The fraction of sp³-hybridized carbons (Fsp3) is 0.667. The fourth-order valence-corrected chi connectivity index (χ4v) is 3.41. The molecule has 0 radical (unpaired) electrons. The van der Waals surface area contributed by atoms with Gasteiger partial charge in [0.25, 0.3) is 0 Å². The third kappa shape index (κ3) is 3.71. The number of hydrogen-bond acceptors (Lipinski definition) is 4. The Hall–Kier alpha value is -0.550. The van der Waals surface area contributed by atoms with E-state index >= 15 is 0 Å². The lowest BCUT2D eigenvalue weighted by atomic mass is 9.89. The number of amides is 1. The molecule has 1 fully saturated rings. The lowest BCUT2D eigenvalue weighted by Crippen LogP contribution is -2.24. The second kappa shape index (κ2) is 6.40. The summed E-state index contributed by atoms with van der Waals surface area (Å²) in [6.07, 6.45) is 7.78. The number of anilines is 1. The lowest BCUT2D eigenvalue weighted by Gasteiger charge is -2.19. The van der Waals surface area contributed by atoms with Crippen LogP contribution in [0.5, 0.6) is 0 Å². The van der Waals surface area contributed by atoms with Gasteiger partial charge in [-0.1, -0.05) is 19.3 Å². The van der Waals surface area contributed by atoms with Gasteiger partial charge in [-0.3, -0.25) is 4.79 Å². The number of carbonyl (C=O) groups is 1. The molecule has 1 aliphatic rings. The van der Waals surface area contributed by atoms with Crippen molar-refractivity contribution >= 4 is 34.1 Å². The molecule has 3 nitrogen and oxygen atoms in total. The maximum atomic E-state index is 12.0. The Balaban J connectivity index is 1.88. The molecule has 17 heavy (non-hydrogen) atoms. The van der Waals surface area contributed by atoms with Gasteiger partial charge in [0, 0.05) is 17.1 Å². The van der Waals surface area contributed by atoms with Gasteiger partial charge in [-0.25, -0.2) is 4.98 Å². The lowest BCUT2D eigenvalue weighted by molar-refractivity contribution is -0.120. The molecule has 0 atom stereocenters. The maximum Gasteiger partial charge on any atom is 0.229 e. The van der Waals surface area contributed by atoms with E-state index in [1.807, 2.05) is 5.38 Å². The van der Waals surface area contributed by atoms with Gasteiger partial charge in [0.05, 0.1) is 5.69 Å². The van der Waals surface area contributed by atoms with E-state index in [9.17, 15) is 4.79 Å². The van der Waals surface area contributed by atoms with Crippen molar-refractivity contribution in [1.82, 2.24) is 4.98 Å². The second-order valence-electron chi connectivity index (χ2n) is 4.40. The van der Waals surface area contributed by atoms with Crippen LogP contribution >= 0.6 is 23.1 Å². The summed E-state index contributed by atoms with van der Waals surface area (Å²) >= 11 is 3.27. The van der Waals surface area contributed by atoms with Crippen molar-refractivity contribution in [3.8, 4) is 0 Å². The highest BCUT2D eigenvalue weighted by molar-refractivity contribution is 7.97. The van der Waals surface area contributed by atoms with Gasteiger partial charge in [-0.2, -0.15) is 11.8 Å². The van der Waals surface area contributed by atoms with Gasteiger partial charge in [-0.15, -0.1) is 11.3 Å². The first-order valence-electron chi connectivity index (χ1n) is 6.04. The van der Waals surface area contributed by atoms with E-state index in [0.717, 1.165) is 29.4 Å². The molecule has 1 saturated carbocycles. The highest BCUT2D eigenvalue weighted by Crippen LogP contribution is 2.26. The molecule has 5 heteroatoms. The number of carbonyl (C=O) groups excluding carboxylic acids is 1. The van der Waals surface area contributed by atoms with Crippen LogP contribution in [0, 0.1) is 5.92 Å². The predicted molar refractivity (Wildman–Crippen MR) is 74.5 cm³/mol. The molecule has 1 aromatic rings. The van der Waals surface area contributed by atoms with Crippen LogP contribution in [0.25, 0.3) is 0 Å². The van der Waals surface area contributed by atoms with Gasteiger partial charge in [0.2, 0.25) is 5.91 Å². The third-order valence-corrected chi connectivity index (χ3v) is 4.44. The summed E-state index contributed by atoms with van der Waals surface area (Å²) < 4.78 is 0. The molecule has 0 spiro atoms. The van der Waals surface area contributed by atoms with E-state index < -0.39 is 0 Å². The van der Waals surface area contributed by atoms with Crippen molar-refractivity contribution in [3.63, 3.8) is 0 Å². The molecule has 94 valence electrons. The predicted octanol–water partition coefficient (Wildman–Crippen LogP) is 3.52. The van der Waals surface area contributed by atoms with Crippen molar-refractivity contribution in [1.29, 1.82) is 0 Å². The van der Waals surface area contributed by atoms with Crippen molar-refractivity contribution in [2.45, 2.75) is 37.9 Å². The van der Waals surface area contributed by atoms with Gasteiger partial charge in [-0.05, 0) is 19.1 Å². The minimum atomic E-state index is 0.162. The number of thioether (sulfide) groups is 1. The summed E-state index contributed by atoms with van der Waals surface area (Å²) in [7, 11) is 0. The second-order valence-corrected chi connectivity index (χ2v) is 6.13. The Morgan fingerprint density at radius 3 is 3.00 bits per heavy atom. The van der Waals surface area contributed by atoms with Crippen molar-refractivity contribution in [2.24, 2.45) is 5.92 Å². The molecule has 0 saturated heterocycles. The van der Waals surface area contributed by atoms with E-state index in [1.54, 1.807) is 11.8 Å². The molecule has 0 bridgehead atoms. The molecule has 1 aromatic heterocycles. The van der Waals surface area contributed by atoms with Crippen LogP contribution in [0.4, 0.5) is 5.13 Å². The van der Waals surface area contributed by atoms with E-state index in [4.69, 9.17) is 0 Å². The van der Waals surface area contributed by atoms with Crippen LogP contribution in [-0.4, -0.2) is 17.1 Å². The van der Waals surface area contributed by atoms with Crippen molar-refractivity contribution in [3.05, 3.63) is 11.1 Å². The molecular formula is C12H18N2OS2. The molecule has 0 aromatic carbocycles. The van der Waals surface area contributed by atoms with Gasteiger partial charge in [0.1, 0.15) is 0 Å². The number of hydrogen-bond donors (Lipinski definition) is 1. The topological polar surface area (TPSA) is 42.0 Å². The average Bonchev–Trinajstić information content (AvgIpc) is 2.78.